The lowest BCUT2D eigenvalue weighted by molar-refractivity contribution is 0.126. The number of hydrogen-bond donors (Lipinski definition) is 0. The third-order valence-electron chi connectivity index (χ3n) is 2.18. The highest BCUT2D eigenvalue weighted by atomic mass is 19.3. The lowest BCUT2D eigenvalue weighted by Crippen LogP contribution is -2.28. The highest BCUT2D eigenvalue weighted by Gasteiger charge is 2.44. The van der Waals surface area contributed by atoms with E-state index in [1.165, 1.54) is 18.3 Å². The molecule has 2 heterocycles. The molecule has 0 amide bonds. The van der Waals surface area contributed by atoms with Crippen LogP contribution in [0.3, 0.4) is 0 Å². The first-order chi connectivity index (χ1) is 7.03. The number of alkyl halides is 2. The fourth-order valence-corrected chi connectivity index (χ4v) is 1.36. The summed E-state index contributed by atoms with van der Waals surface area (Å²) in [6.07, 6.45) is 1.20. The molecule has 0 aromatic carbocycles. The molecule has 0 fully saturated rings. The smallest absolute Gasteiger partial charge is 0.278 e. The van der Waals surface area contributed by atoms with Crippen molar-refractivity contribution in [1.29, 1.82) is 0 Å². The Morgan fingerprint density at radius 3 is 2.67 bits per heavy atom. The van der Waals surface area contributed by atoms with Gasteiger partial charge in [0.05, 0.1) is 12.1 Å². The van der Waals surface area contributed by atoms with Gasteiger partial charge in [-0.3, -0.25) is 4.99 Å². The molecule has 0 saturated heterocycles. The molecule has 5 heteroatoms. The lowest BCUT2D eigenvalue weighted by atomic mass is 10.0. The largest absolute Gasteiger partial charge is 0.312 e. The molecule has 0 saturated carbocycles. The van der Waals surface area contributed by atoms with Crippen LogP contribution in [0.5, 0.6) is 0 Å². The molecule has 1 aromatic heterocycles. The second-order valence-corrected chi connectivity index (χ2v) is 3.18. The molecule has 15 heavy (non-hydrogen) atoms. The molecule has 0 atom stereocenters. The van der Waals surface area contributed by atoms with Gasteiger partial charge in [0, 0.05) is 11.8 Å². The van der Waals surface area contributed by atoms with Crippen LogP contribution in [-0.2, 0) is 0 Å². The number of hydrogen-bond acceptors (Lipinski definition) is 2. The summed E-state index contributed by atoms with van der Waals surface area (Å²) in [7, 11) is 0. The van der Waals surface area contributed by atoms with E-state index in [0.29, 0.717) is 0 Å². The molecule has 0 bridgehead atoms. The van der Waals surface area contributed by atoms with E-state index >= 15 is 0 Å². The van der Waals surface area contributed by atoms with Crippen LogP contribution in [0.2, 0.25) is 0 Å². The summed E-state index contributed by atoms with van der Waals surface area (Å²) in [6.45, 7) is 3.03. The number of aliphatic imine (C=N–C) groups is 1. The van der Waals surface area contributed by atoms with Crippen molar-refractivity contribution in [2.75, 3.05) is 6.54 Å². The van der Waals surface area contributed by atoms with Crippen molar-refractivity contribution in [3.05, 3.63) is 42.0 Å². The monoisotopic (exact) mass is 212 g/mol. The van der Waals surface area contributed by atoms with Crippen LogP contribution in [0.15, 0.2) is 35.5 Å². The molecule has 0 radical (unpaired) electrons. The van der Waals surface area contributed by atoms with Gasteiger partial charge in [0.15, 0.2) is 0 Å². The summed E-state index contributed by atoms with van der Waals surface area (Å²) in [6, 6.07) is 2.62. The van der Waals surface area contributed by atoms with E-state index in [1.54, 1.807) is 0 Å². The van der Waals surface area contributed by atoms with E-state index in [4.69, 9.17) is 0 Å². The standard InChI is InChI=1S/C10H7F3N2/c1-6-5-15-8(10(6,12)13)7-3-2-4-14-9(7)11/h2-4H,1,5H2. The van der Waals surface area contributed by atoms with E-state index in [2.05, 4.69) is 16.6 Å². The van der Waals surface area contributed by atoms with E-state index in [-0.39, 0.29) is 17.7 Å². The second-order valence-electron chi connectivity index (χ2n) is 3.18. The zero-order valence-corrected chi connectivity index (χ0v) is 7.67. The topological polar surface area (TPSA) is 25.2 Å². The average Bonchev–Trinajstić information content (AvgIpc) is 2.44. The minimum absolute atomic E-state index is 0.170. The van der Waals surface area contributed by atoms with E-state index < -0.39 is 17.6 Å². The molecule has 0 N–H and O–H groups in total. The Balaban J connectivity index is 2.50. The first-order valence-electron chi connectivity index (χ1n) is 4.25. The highest BCUT2D eigenvalue weighted by molar-refractivity contribution is 6.09. The zero-order valence-electron chi connectivity index (χ0n) is 7.67. The molecule has 1 aliphatic rings. The third-order valence-corrected chi connectivity index (χ3v) is 2.18. The molecule has 0 unspecified atom stereocenters. The van der Waals surface area contributed by atoms with Gasteiger partial charge in [-0.15, -0.1) is 0 Å². The maximum atomic E-state index is 13.4. The van der Waals surface area contributed by atoms with Crippen LogP contribution >= 0.6 is 0 Å². The summed E-state index contributed by atoms with van der Waals surface area (Å²) >= 11 is 0. The Labute approximate surface area is 84.2 Å². The summed E-state index contributed by atoms with van der Waals surface area (Å²) in [5, 5.41) is 0. The van der Waals surface area contributed by atoms with Gasteiger partial charge >= 0.3 is 5.92 Å². The van der Waals surface area contributed by atoms with Gasteiger partial charge in [-0.05, 0) is 12.1 Å². The van der Waals surface area contributed by atoms with Gasteiger partial charge in [0.1, 0.15) is 5.71 Å². The SMILES string of the molecule is C=C1CN=C(c2cccnc2F)C1(F)F. The Morgan fingerprint density at radius 1 is 1.40 bits per heavy atom. The van der Waals surface area contributed by atoms with Crippen LogP contribution in [-0.4, -0.2) is 23.2 Å². The van der Waals surface area contributed by atoms with Crippen molar-refractivity contribution < 1.29 is 13.2 Å². The van der Waals surface area contributed by atoms with Gasteiger partial charge in [-0.1, -0.05) is 6.58 Å². The third kappa shape index (κ3) is 1.44. The minimum Gasteiger partial charge on any atom is -0.278 e. The lowest BCUT2D eigenvalue weighted by Gasteiger charge is -2.13. The van der Waals surface area contributed by atoms with Crippen molar-refractivity contribution in [3.8, 4) is 0 Å². The van der Waals surface area contributed by atoms with Crippen molar-refractivity contribution in [1.82, 2.24) is 4.98 Å². The number of rotatable bonds is 1. The molecular weight excluding hydrogens is 205 g/mol. The predicted octanol–water partition coefficient (Wildman–Crippen LogP) is 2.21. The molecular formula is C10H7F3N2. The molecule has 2 rings (SSSR count). The summed E-state index contributed by atoms with van der Waals surface area (Å²) in [5.41, 5.74) is -1.17. The van der Waals surface area contributed by atoms with Crippen molar-refractivity contribution in [2.45, 2.75) is 5.92 Å². The van der Waals surface area contributed by atoms with Crippen LogP contribution in [0, 0.1) is 5.95 Å². The van der Waals surface area contributed by atoms with Gasteiger partial charge in [-0.2, -0.15) is 13.2 Å². The molecule has 0 aliphatic carbocycles. The van der Waals surface area contributed by atoms with Gasteiger partial charge < -0.3 is 0 Å². The summed E-state index contributed by atoms with van der Waals surface area (Å²) in [4.78, 5) is 6.89. The van der Waals surface area contributed by atoms with Crippen molar-refractivity contribution in [2.24, 2.45) is 4.99 Å². The highest BCUT2D eigenvalue weighted by Crippen LogP contribution is 2.33. The molecule has 1 aromatic rings. The number of pyridine rings is 1. The summed E-state index contributed by atoms with van der Waals surface area (Å²) < 4.78 is 40.0. The van der Waals surface area contributed by atoms with Crippen LogP contribution < -0.4 is 0 Å². The molecule has 78 valence electrons. The summed E-state index contributed by atoms with van der Waals surface area (Å²) in [5.74, 6) is -4.20. The van der Waals surface area contributed by atoms with Crippen molar-refractivity contribution >= 4 is 5.71 Å². The number of aromatic nitrogens is 1. The van der Waals surface area contributed by atoms with Gasteiger partial charge in [0.25, 0.3) is 0 Å². The maximum absolute atomic E-state index is 13.4. The van der Waals surface area contributed by atoms with E-state index in [0.717, 1.165) is 0 Å². The van der Waals surface area contributed by atoms with Crippen LogP contribution in [0.1, 0.15) is 5.56 Å². The molecule has 0 spiro atoms. The Kier molecular flexibility index (Phi) is 2.10. The van der Waals surface area contributed by atoms with Crippen LogP contribution in [0.4, 0.5) is 13.2 Å². The fourth-order valence-electron chi connectivity index (χ4n) is 1.36. The second kappa shape index (κ2) is 3.18. The number of halogens is 3. The van der Waals surface area contributed by atoms with E-state index in [9.17, 15) is 13.2 Å². The predicted molar refractivity (Wildman–Crippen MR) is 49.7 cm³/mol. The Morgan fingerprint density at radius 2 is 2.13 bits per heavy atom. The first kappa shape index (κ1) is 9.89. The van der Waals surface area contributed by atoms with Crippen molar-refractivity contribution in [3.63, 3.8) is 0 Å². The Hall–Kier alpha value is -1.65. The van der Waals surface area contributed by atoms with E-state index in [1.807, 2.05) is 0 Å². The number of nitrogens with zero attached hydrogens (tertiary/aromatic N) is 2. The minimum atomic E-state index is -3.26. The van der Waals surface area contributed by atoms with Gasteiger partial charge in [-0.25, -0.2) is 4.98 Å². The Bertz CT molecular complexity index is 452. The normalized spacial score (nSPS) is 19.1. The first-order valence-corrected chi connectivity index (χ1v) is 4.25. The maximum Gasteiger partial charge on any atom is 0.312 e. The van der Waals surface area contributed by atoms with Gasteiger partial charge in [0.2, 0.25) is 5.95 Å². The average molecular weight is 212 g/mol. The fraction of sp³-hybridized carbons (Fsp3) is 0.200. The zero-order chi connectivity index (χ0) is 11.1. The molecule has 1 aliphatic heterocycles. The van der Waals surface area contributed by atoms with Crippen LogP contribution in [0.25, 0.3) is 0 Å². The quantitative estimate of drug-likeness (QED) is 0.517. The molecule has 2 nitrogen and oxygen atoms in total.